The molecule has 1 aliphatic rings. The van der Waals surface area contributed by atoms with Crippen molar-refractivity contribution in [1.29, 1.82) is 0 Å². The lowest BCUT2D eigenvalue weighted by molar-refractivity contribution is -0.123. The Kier molecular flexibility index (Phi) is 6.06. The molecular formula is C14H19IN2O3. The van der Waals surface area contributed by atoms with Gasteiger partial charge in [0.1, 0.15) is 18.5 Å². The van der Waals surface area contributed by atoms with Crippen LogP contribution in [0.5, 0.6) is 5.75 Å². The highest BCUT2D eigenvalue weighted by molar-refractivity contribution is 14.1. The summed E-state index contributed by atoms with van der Waals surface area (Å²) in [6, 6.07) is 7.48. The molecule has 0 bridgehead atoms. The predicted octanol–water partition coefficient (Wildman–Crippen LogP) is 0.899. The molecular weight excluding hydrogens is 371 g/mol. The smallest absolute Gasteiger partial charge is 0.237 e. The van der Waals surface area contributed by atoms with Crippen LogP contribution in [0.25, 0.3) is 0 Å². The van der Waals surface area contributed by atoms with Crippen molar-refractivity contribution in [2.24, 2.45) is 0 Å². The largest absolute Gasteiger partial charge is 0.491 e. The van der Waals surface area contributed by atoms with E-state index >= 15 is 0 Å². The van der Waals surface area contributed by atoms with E-state index in [1.807, 2.05) is 24.3 Å². The molecule has 5 nitrogen and oxygen atoms in total. The Balaban J connectivity index is 1.66. The first-order valence-corrected chi connectivity index (χ1v) is 7.80. The molecule has 0 aliphatic carbocycles. The molecule has 2 atom stereocenters. The van der Waals surface area contributed by atoms with Crippen molar-refractivity contribution in [2.75, 3.05) is 19.7 Å². The second-order valence-corrected chi connectivity index (χ2v) is 6.06. The Morgan fingerprint density at radius 3 is 2.90 bits per heavy atom. The number of aliphatic hydroxyl groups is 1. The summed E-state index contributed by atoms with van der Waals surface area (Å²) in [7, 11) is 0. The second-order valence-electron chi connectivity index (χ2n) is 4.81. The van der Waals surface area contributed by atoms with E-state index in [9.17, 15) is 9.90 Å². The summed E-state index contributed by atoms with van der Waals surface area (Å²) >= 11 is 2.22. The fourth-order valence-corrected chi connectivity index (χ4v) is 2.39. The highest BCUT2D eigenvalue weighted by Crippen LogP contribution is 2.13. The molecule has 6 heteroatoms. The minimum Gasteiger partial charge on any atom is -0.491 e. The Hall–Kier alpha value is -0.860. The second kappa shape index (κ2) is 7.80. The lowest BCUT2D eigenvalue weighted by Crippen LogP contribution is -2.44. The Bertz CT molecular complexity index is 433. The molecule has 1 saturated heterocycles. The van der Waals surface area contributed by atoms with Crippen molar-refractivity contribution in [3.05, 3.63) is 27.8 Å². The van der Waals surface area contributed by atoms with Gasteiger partial charge in [0.25, 0.3) is 0 Å². The Morgan fingerprint density at radius 2 is 2.25 bits per heavy atom. The maximum Gasteiger partial charge on any atom is 0.237 e. The van der Waals surface area contributed by atoms with Gasteiger partial charge in [-0.05, 0) is 66.2 Å². The molecule has 0 radical (unpaired) electrons. The normalized spacial score (nSPS) is 19.6. The average Bonchev–Trinajstić information content (AvgIpc) is 2.98. The first kappa shape index (κ1) is 15.5. The summed E-state index contributed by atoms with van der Waals surface area (Å²) in [5.74, 6) is 0.670. The van der Waals surface area contributed by atoms with Crippen LogP contribution in [0.2, 0.25) is 0 Å². The lowest BCUT2D eigenvalue weighted by atomic mass is 10.2. The van der Waals surface area contributed by atoms with Gasteiger partial charge in [-0.15, -0.1) is 0 Å². The van der Waals surface area contributed by atoms with Gasteiger partial charge in [-0.25, -0.2) is 0 Å². The number of carbonyl (C=O) groups excluding carboxylic acids is 1. The number of carbonyl (C=O) groups is 1. The van der Waals surface area contributed by atoms with Gasteiger partial charge in [-0.1, -0.05) is 0 Å². The van der Waals surface area contributed by atoms with Gasteiger partial charge in [0.05, 0.1) is 6.04 Å². The molecule has 2 rings (SSSR count). The van der Waals surface area contributed by atoms with Crippen LogP contribution in [0.4, 0.5) is 0 Å². The zero-order valence-corrected chi connectivity index (χ0v) is 13.3. The molecule has 0 saturated carbocycles. The molecule has 110 valence electrons. The Morgan fingerprint density at radius 1 is 1.50 bits per heavy atom. The number of hydrogen-bond acceptors (Lipinski definition) is 4. The third kappa shape index (κ3) is 4.92. The van der Waals surface area contributed by atoms with Crippen LogP contribution in [-0.2, 0) is 4.79 Å². The van der Waals surface area contributed by atoms with Gasteiger partial charge < -0.3 is 20.5 Å². The Labute approximate surface area is 132 Å². The summed E-state index contributed by atoms with van der Waals surface area (Å²) in [4.78, 5) is 11.7. The first-order valence-electron chi connectivity index (χ1n) is 6.72. The van der Waals surface area contributed by atoms with Crippen LogP contribution in [0.3, 0.4) is 0 Å². The molecule has 1 heterocycles. The van der Waals surface area contributed by atoms with Crippen LogP contribution in [0, 0.1) is 3.57 Å². The van der Waals surface area contributed by atoms with Crippen LogP contribution >= 0.6 is 22.6 Å². The zero-order valence-electron chi connectivity index (χ0n) is 11.1. The molecule has 1 aromatic rings. The van der Waals surface area contributed by atoms with Crippen molar-refractivity contribution >= 4 is 28.5 Å². The SMILES string of the molecule is O=C(NCC(O)COc1ccc(I)cc1)C1CCCN1. The number of benzene rings is 1. The van der Waals surface area contributed by atoms with Crippen molar-refractivity contribution in [2.45, 2.75) is 25.0 Å². The molecule has 20 heavy (non-hydrogen) atoms. The van der Waals surface area contributed by atoms with E-state index in [0.29, 0.717) is 5.75 Å². The van der Waals surface area contributed by atoms with Gasteiger partial charge in [0.2, 0.25) is 5.91 Å². The van der Waals surface area contributed by atoms with E-state index in [1.54, 1.807) is 0 Å². The van der Waals surface area contributed by atoms with Crippen molar-refractivity contribution in [3.8, 4) is 5.75 Å². The van der Waals surface area contributed by atoms with Crippen molar-refractivity contribution in [3.63, 3.8) is 0 Å². The third-order valence-corrected chi connectivity index (χ3v) is 3.86. The monoisotopic (exact) mass is 390 g/mol. The lowest BCUT2D eigenvalue weighted by Gasteiger charge is -2.15. The molecule has 1 aromatic carbocycles. The molecule has 1 aliphatic heterocycles. The van der Waals surface area contributed by atoms with Crippen molar-refractivity contribution < 1.29 is 14.6 Å². The van der Waals surface area contributed by atoms with Crippen LogP contribution < -0.4 is 15.4 Å². The minimum atomic E-state index is -0.709. The molecule has 2 unspecified atom stereocenters. The average molecular weight is 390 g/mol. The standard InChI is InChI=1S/C14H19IN2O3/c15-10-3-5-12(6-4-10)20-9-11(18)8-17-14(19)13-2-1-7-16-13/h3-6,11,13,16,18H,1-2,7-9H2,(H,17,19). The fraction of sp³-hybridized carbons (Fsp3) is 0.500. The fourth-order valence-electron chi connectivity index (χ4n) is 2.03. The third-order valence-electron chi connectivity index (χ3n) is 3.14. The van der Waals surface area contributed by atoms with Gasteiger partial charge in [0, 0.05) is 10.1 Å². The van der Waals surface area contributed by atoms with Gasteiger partial charge >= 0.3 is 0 Å². The van der Waals surface area contributed by atoms with Gasteiger partial charge in [0.15, 0.2) is 0 Å². The van der Waals surface area contributed by atoms with E-state index < -0.39 is 6.10 Å². The molecule has 1 fully saturated rings. The number of halogens is 1. The van der Waals surface area contributed by atoms with Crippen LogP contribution in [-0.4, -0.2) is 42.9 Å². The van der Waals surface area contributed by atoms with Crippen molar-refractivity contribution in [1.82, 2.24) is 10.6 Å². The molecule has 1 amide bonds. The quantitative estimate of drug-likeness (QED) is 0.632. The van der Waals surface area contributed by atoms with E-state index in [-0.39, 0.29) is 25.1 Å². The summed E-state index contributed by atoms with van der Waals surface area (Å²) in [6.45, 7) is 1.26. The van der Waals surface area contributed by atoms with E-state index in [0.717, 1.165) is 23.0 Å². The summed E-state index contributed by atoms with van der Waals surface area (Å²) in [5, 5.41) is 15.6. The van der Waals surface area contributed by atoms with E-state index in [4.69, 9.17) is 4.74 Å². The number of nitrogens with one attached hydrogen (secondary N) is 2. The number of aliphatic hydroxyl groups excluding tert-OH is 1. The topological polar surface area (TPSA) is 70.6 Å². The maximum atomic E-state index is 11.7. The zero-order chi connectivity index (χ0) is 14.4. The van der Waals surface area contributed by atoms with Crippen LogP contribution in [0.15, 0.2) is 24.3 Å². The highest BCUT2D eigenvalue weighted by Gasteiger charge is 2.22. The van der Waals surface area contributed by atoms with Gasteiger partial charge in [-0.3, -0.25) is 4.79 Å². The molecule has 0 spiro atoms. The maximum absolute atomic E-state index is 11.7. The highest BCUT2D eigenvalue weighted by atomic mass is 127. The summed E-state index contributed by atoms with van der Waals surface area (Å²) < 4.78 is 6.59. The summed E-state index contributed by atoms with van der Waals surface area (Å²) in [6.07, 6.45) is 1.18. The van der Waals surface area contributed by atoms with Crippen LogP contribution in [0.1, 0.15) is 12.8 Å². The van der Waals surface area contributed by atoms with E-state index in [2.05, 4.69) is 33.2 Å². The van der Waals surface area contributed by atoms with Gasteiger partial charge in [-0.2, -0.15) is 0 Å². The first-order chi connectivity index (χ1) is 9.65. The number of ether oxygens (including phenoxy) is 1. The molecule has 0 aromatic heterocycles. The number of hydrogen-bond donors (Lipinski definition) is 3. The van der Waals surface area contributed by atoms with E-state index in [1.165, 1.54) is 0 Å². The predicted molar refractivity (Wildman–Crippen MR) is 84.7 cm³/mol. The minimum absolute atomic E-state index is 0.0455. The number of rotatable bonds is 6. The summed E-state index contributed by atoms with van der Waals surface area (Å²) in [5.41, 5.74) is 0. The number of amides is 1. The molecule has 3 N–H and O–H groups in total.